The van der Waals surface area contributed by atoms with E-state index in [1.165, 1.54) is 6.42 Å². The fraction of sp³-hybridized carbons (Fsp3) is 0.722. The van der Waals surface area contributed by atoms with Crippen LogP contribution in [0.5, 0.6) is 0 Å². The average Bonchev–Trinajstić information content (AvgIpc) is 3.26. The molecule has 2 amide bonds. The first-order valence-corrected chi connectivity index (χ1v) is 9.23. The Hall–Kier alpha value is -1.85. The van der Waals surface area contributed by atoms with Crippen molar-refractivity contribution in [2.75, 3.05) is 6.54 Å². The summed E-state index contributed by atoms with van der Waals surface area (Å²) in [6, 6.07) is 1.57. The van der Waals surface area contributed by atoms with Crippen molar-refractivity contribution in [1.82, 2.24) is 20.0 Å². The molecule has 6 nitrogen and oxygen atoms in total. The number of carbonyl (C=O) groups excluding carboxylic acids is 2. The van der Waals surface area contributed by atoms with E-state index in [2.05, 4.69) is 10.4 Å². The van der Waals surface area contributed by atoms with Gasteiger partial charge in [-0.2, -0.15) is 5.10 Å². The highest BCUT2D eigenvalue weighted by molar-refractivity contribution is 5.89. The molecule has 1 saturated heterocycles. The molecule has 0 unspecified atom stereocenters. The zero-order valence-electron chi connectivity index (χ0n) is 14.5. The summed E-state index contributed by atoms with van der Waals surface area (Å²) in [4.78, 5) is 27.3. The fourth-order valence-corrected chi connectivity index (χ4v) is 3.96. The van der Waals surface area contributed by atoms with Gasteiger partial charge in [-0.3, -0.25) is 14.3 Å². The molecule has 2 heterocycles. The van der Waals surface area contributed by atoms with E-state index in [1.807, 2.05) is 28.8 Å². The lowest BCUT2D eigenvalue weighted by molar-refractivity contribution is -0.142. The lowest BCUT2D eigenvalue weighted by Crippen LogP contribution is -2.50. The van der Waals surface area contributed by atoms with Crippen LogP contribution < -0.4 is 5.32 Å². The highest BCUT2D eigenvalue weighted by Crippen LogP contribution is 2.28. The normalized spacial score (nSPS) is 23.2. The van der Waals surface area contributed by atoms with Crippen LogP contribution in [0.25, 0.3) is 0 Å². The van der Waals surface area contributed by atoms with Crippen LogP contribution in [0.1, 0.15) is 51.9 Å². The van der Waals surface area contributed by atoms with Crippen LogP contribution >= 0.6 is 0 Å². The first-order chi connectivity index (χ1) is 11.6. The summed E-state index contributed by atoms with van der Waals surface area (Å²) < 4.78 is 1.81. The monoisotopic (exact) mass is 332 g/mol. The van der Waals surface area contributed by atoms with Crippen LogP contribution in [-0.4, -0.2) is 45.1 Å². The molecule has 24 heavy (non-hydrogen) atoms. The van der Waals surface area contributed by atoms with E-state index in [-0.39, 0.29) is 29.8 Å². The minimum atomic E-state index is -0.292. The summed E-state index contributed by atoms with van der Waals surface area (Å²) in [5.41, 5.74) is 0. The molecule has 2 atom stereocenters. The zero-order valence-corrected chi connectivity index (χ0v) is 14.5. The van der Waals surface area contributed by atoms with Crippen molar-refractivity contribution in [3.63, 3.8) is 0 Å². The molecule has 132 valence electrons. The van der Waals surface area contributed by atoms with Crippen molar-refractivity contribution < 1.29 is 9.59 Å². The van der Waals surface area contributed by atoms with E-state index < -0.39 is 0 Å². The van der Waals surface area contributed by atoms with Gasteiger partial charge in [0.2, 0.25) is 11.8 Å². The Balaban J connectivity index is 1.55. The van der Waals surface area contributed by atoms with Crippen molar-refractivity contribution in [3.05, 3.63) is 18.5 Å². The molecule has 1 aliphatic heterocycles. The number of hydrogen-bond donors (Lipinski definition) is 1. The highest BCUT2D eigenvalue weighted by Gasteiger charge is 2.37. The molecule has 3 rings (SSSR count). The summed E-state index contributed by atoms with van der Waals surface area (Å²) >= 11 is 0. The van der Waals surface area contributed by atoms with Gasteiger partial charge in [0, 0.05) is 30.9 Å². The molecule has 0 radical (unpaired) electrons. The predicted molar refractivity (Wildman–Crippen MR) is 91.1 cm³/mol. The third-order valence-corrected chi connectivity index (χ3v) is 5.20. The summed E-state index contributed by atoms with van der Waals surface area (Å²) in [6.07, 6.45) is 10.8. The lowest BCUT2D eigenvalue weighted by Gasteiger charge is -2.30. The van der Waals surface area contributed by atoms with Crippen LogP contribution in [-0.2, 0) is 16.1 Å². The quantitative estimate of drug-likeness (QED) is 0.896. The first kappa shape index (κ1) is 17.0. The molecule has 1 N–H and O–H groups in total. The van der Waals surface area contributed by atoms with Crippen LogP contribution in [0.4, 0.5) is 0 Å². The number of rotatable bonds is 5. The highest BCUT2D eigenvalue weighted by atomic mass is 16.2. The Kier molecular flexibility index (Phi) is 5.53. The first-order valence-electron chi connectivity index (χ1n) is 9.23. The summed E-state index contributed by atoms with van der Waals surface area (Å²) in [5.74, 6) is 0.317. The topological polar surface area (TPSA) is 67.2 Å². The van der Waals surface area contributed by atoms with Gasteiger partial charge in [0.25, 0.3) is 0 Å². The van der Waals surface area contributed by atoms with Gasteiger partial charge in [-0.1, -0.05) is 19.3 Å². The second-order valence-corrected chi connectivity index (χ2v) is 7.16. The molecule has 1 aromatic rings. The van der Waals surface area contributed by atoms with Gasteiger partial charge in [0.1, 0.15) is 6.04 Å². The van der Waals surface area contributed by atoms with E-state index in [0.717, 1.165) is 45.1 Å². The number of nitrogens with zero attached hydrogens (tertiary/aromatic N) is 3. The van der Waals surface area contributed by atoms with Crippen molar-refractivity contribution in [1.29, 1.82) is 0 Å². The smallest absolute Gasteiger partial charge is 0.243 e. The fourth-order valence-electron chi connectivity index (χ4n) is 3.96. The van der Waals surface area contributed by atoms with Crippen molar-refractivity contribution in [2.24, 2.45) is 5.92 Å². The lowest BCUT2D eigenvalue weighted by atomic mass is 9.88. The SMILES string of the molecule is C[C@@H](Cn1cccn1)NC(=O)[C@@H]1CCCN1C(=O)C1CCCCC1. The molecule has 2 aliphatic rings. The molecule has 0 bridgehead atoms. The van der Waals surface area contributed by atoms with Crippen LogP contribution in [0.3, 0.4) is 0 Å². The van der Waals surface area contributed by atoms with Gasteiger partial charge in [-0.15, -0.1) is 0 Å². The zero-order chi connectivity index (χ0) is 16.9. The second kappa shape index (κ2) is 7.81. The summed E-state index contributed by atoms with van der Waals surface area (Å²) in [7, 11) is 0. The van der Waals surface area contributed by atoms with E-state index in [4.69, 9.17) is 0 Å². The van der Waals surface area contributed by atoms with Gasteiger partial charge >= 0.3 is 0 Å². The number of carbonyl (C=O) groups is 2. The van der Waals surface area contributed by atoms with Crippen molar-refractivity contribution in [3.8, 4) is 0 Å². The van der Waals surface area contributed by atoms with Gasteiger partial charge in [-0.05, 0) is 38.7 Å². The van der Waals surface area contributed by atoms with Crippen LogP contribution in [0.15, 0.2) is 18.5 Å². The molecule has 0 spiro atoms. The van der Waals surface area contributed by atoms with Gasteiger partial charge < -0.3 is 10.2 Å². The third-order valence-electron chi connectivity index (χ3n) is 5.20. The molecule has 2 fully saturated rings. The Labute approximate surface area is 143 Å². The molecule has 0 aromatic carbocycles. The Morgan fingerprint density at radius 1 is 1.21 bits per heavy atom. The average molecular weight is 332 g/mol. The number of nitrogens with one attached hydrogen (secondary N) is 1. The number of likely N-dealkylation sites (tertiary alicyclic amines) is 1. The standard InChI is InChI=1S/C18H28N4O2/c1-14(13-21-11-6-10-19-21)20-17(23)16-9-5-12-22(16)18(24)15-7-3-2-4-8-15/h6,10-11,14-16H,2-5,7-9,12-13H2,1H3,(H,20,23)/t14-,16-/m0/s1. The van der Waals surface area contributed by atoms with Crippen molar-refractivity contribution in [2.45, 2.75) is 70.5 Å². The Bertz CT molecular complexity index is 551. The minimum Gasteiger partial charge on any atom is -0.350 e. The van der Waals surface area contributed by atoms with E-state index in [9.17, 15) is 9.59 Å². The third kappa shape index (κ3) is 3.97. The maximum Gasteiger partial charge on any atom is 0.243 e. The molecule has 1 aliphatic carbocycles. The number of aromatic nitrogens is 2. The maximum absolute atomic E-state index is 12.8. The number of amides is 2. The van der Waals surface area contributed by atoms with E-state index >= 15 is 0 Å². The predicted octanol–water partition coefficient (Wildman–Crippen LogP) is 1.96. The van der Waals surface area contributed by atoms with Gasteiger partial charge in [0.15, 0.2) is 0 Å². The largest absolute Gasteiger partial charge is 0.350 e. The van der Waals surface area contributed by atoms with Crippen molar-refractivity contribution >= 4 is 11.8 Å². The number of hydrogen-bond acceptors (Lipinski definition) is 3. The van der Waals surface area contributed by atoms with Gasteiger partial charge in [0.05, 0.1) is 6.54 Å². The molecular formula is C18H28N4O2. The van der Waals surface area contributed by atoms with Crippen LogP contribution in [0.2, 0.25) is 0 Å². The Morgan fingerprint density at radius 3 is 2.71 bits per heavy atom. The summed E-state index contributed by atoms with van der Waals surface area (Å²) in [6.45, 7) is 3.34. The molecular weight excluding hydrogens is 304 g/mol. The molecule has 6 heteroatoms. The van der Waals surface area contributed by atoms with Gasteiger partial charge in [-0.25, -0.2) is 0 Å². The maximum atomic E-state index is 12.8. The van der Waals surface area contributed by atoms with E-state index in [0.29, 0.717) is 6.54 Å². The minimum absolute atomic E-state index is 0.00960. The molecule has 1 saturated carbocycles. The molecule has 1 aromatic heterocycles. The summed E-state index contributed by atoms with van der Waals surface area (Å²) in [5, 5.41) is 7.22. The van der Waals surface area contributed by atoms with E-state index in [1.54, 1.807) is 6.20 Å². The second-order valence-electron chi connectivity index (χ2n) is 7.16. The Morgan fingerprint density at radius 2 is 2.00 bits per heavy atom. The van der Waals surface area contributed by atoms with Crippen LogP contribution in [0, 0.1) is 5.92 Å².